The molecule has 0 spiro atoms. The van der Waals surface area contributed by atoms with Crippen LogP contribution in [0.5, 0.6) is 5.75 Å². The highest BCUT2D eigenvalue weighted by Gasteiger charge is 2.13. The van der Waals surface area contributed by atoms with Crippen LogP contribution in [0.2, 0.25) is 0 Å². The van der Waals surface area contributed by atoms with Crippen LogP contribution in [0.1, 0.15) is 6.92 Å². The lowest BCUT2D eigenvalue weighted by Crippen LogP contribution is -2.26. The van der Waals surface area contributed by atoms with E-state index in [9.17, 15) is 4.79 Å². The zero-order valence-corrected chi connectivity index (χ0v) is 10.3. The van der Waals surface area contributed by atoms with Gasteiger partial charge in [-0.25, -0.2) is 0 Å². The number of nitriles is 1. The maximum atomic E-state index is 10.9. The zero-order chi connectivity index (χ0) is 12.5. The Morgan fingerprint density at radius 2 is 2.18 bits per heavy atom. The first-order valence-corrected chi connectivity index (χ1v) is 6.07. The lowest BCUT2D eigenvalue weighted by atomic mass is 10.3. The number of thioether (sulfide) groups is 1. The van der Waals surface area contributed by atoms with E-state index in [-0.39, 0.29) is 12.6 Å². The number of carbonyl (C=O) groups excluding carboxylic acids is 1. The van der Waals surface area contributed by atoms with Crippen molar-refractivity contribution >= 4 is 17.7 Å². The van der Waals surface area contributed by atoms with Crippen LogP contribution < -0.4 is 4.74 Å². The summed E-state index contributed by atoms with van der Waals surface area (Å²) in [6.07, 6.45) is -0.405. The van der Waals surface area contributed by atoms with Crippen molar-refractivity contribution in [1.29, 1.82) is 5.26 Å². The molecule has 5 heteroatoms. The highest BCUT2D eigenvalue weighted by Crippen LogP contribution is 2.11. The summed E-state index contributed by atoms with van der Waals surface area (Å²) in [4.78, 5) is 10.9. The van der Waals surface area contributed by atoms with Gasteiger partial charge in [0.25, 0.3) is 0 Å². The number of carbonyl (C=O) groups is 1. The molecule has 4 nitrogen and oxygen atoms in total. The Hall–Kier alpha value is -1.67. The van der Waals surface area contributed by atoms with Gasteiger partial charge in [-0.15, -0.1) is 0 Å². The SMILES string of the molecule is CC(=O)OC(COc1ccccc1)CSC#N. The van der Waals surface area contributed by atoms with Gasteiger partial charge in [0, 0.05) is 12.7 Å². The summed E-state index contributed by atoms with van der Waals surface area (Å²) < 4.78 is 10.5. The largest absolute Gasteiger partial charge is 0.490 e. The van der Waals surface area contributed by atoms with Gasteiger partial charge in [-0.1, -0.05) is 18.2 Å². The van der Waals surface area contributed by atoms with E-state index in [1.54, 1.807) is 0 Å². The van der Waals surface area contributed by atoms with Crippen molar-refractivity contribution in [2.45, 2.75) is 13.0 Å². The Labute approximate surface area is 105 Å². The van der Waals surface area contributed by atoms with Gasteiger partial charge in [0.1, 0.15) is 23.9 Å². The van der Waals surface area contributed by atoms with E-state index in [0.29, 0.717) is 11.5 Å². The van der Waals surface area contributed by atoms with Gasteiger partial charge < -0.3 is 9.47 Å². The minimum absolute atomic E-state index is 0.248. The lowest BCUT2D eigenvalue weighted by molar-refractivity contribution is -0.146. The minimum Gasteiger partial charge on any atom is -0.490 e. The molecule has 17 heavy (non-hydrogen) atoms. The number of hydrogen-bond acceptors (Lipinski definition) is 5. The molecule has 0 heterocycles. The third kappa shape index (κ3) is 5.83. The second-order valence-corrected chi connectivity index (χ2v) is 4.06. The molecule has 1 unspecified atom stereocenters. The molecule has 1 atom stereocenters. The highest BCUT2D eigenvalue weighted by molar-refractivity contribution is 8.03. The van der Waals surface area contributed by atoms with Gasteiger partial charge in [0.05, 0.1) is 0 Å². The van der Waals surface area contributed by atoms with Gasteiger partial charge in [0.2, 0.25) is 0 Å². The number of thiocyanates is 1. The van der Waals surface area contributed by atoms with Gasteiger partial charge in [0.15, 0.2) is 0 Å². The molecular weight excluding hydrogens is 238 g/mol. The molecule has 0 fully saturated rings. The van der Waals surface area contributed by atoms with Gasteiger partial charge in [-0.05, 0) is 23.9 Å². The van der Waals surface area contributed by atoms with Crippen molar-refractivity contribution in [2.24, 2.45) is 0 Å². The van der Waals surface area contributed by atoms with E-state index in [4.69, 9.17) is 14.7 Å². The molecule has 1 aromatic carbocycles. The van der Waals surface area contributed by atoms with Crippen LogP contribution >= 0.6 is 11.8 Å². The number of nitrogens with zero attached hydrogens (tertiary/aromatic N) is 1. The number of hydrogen-bond donors (Lipinski definition) is 0. The molecule has 0 aliphatic carbocycles. The topological polar surface area (TPSA) is 59.3 Å². The summed E-state index contributed by atoms with van der Waals surface area (Å²) in [5.41, 5.74) is 0. The van der Waals surface area contributed by atoms with Crippen LogP contribution in [0.4, 0.5) is 0 Å². The first-order valence-electron chi connectivity index (χ1n) is 5.08. The summed E-state index contributed by atoms with van der Waals surface area (Å²) in [5.74, 6) is 0.750. The summed E-state index contributed by atoms with van der Waals surface area (Å²) in [6.45, 7) is 1.59. The van der Waals surface area contributed by atoms with Crippen LogP contribution in [0.15, 0.2) is 30.3 Å². The highest BCUT2D eigenvalue weighted by atomic mass is 32.2. The Bertz CT molecular complexity index is 388. The van der Waals surface area contributed by atoms with Crippen molar-refractivity contribution in [2.75, 3.05) is 12.4 Å². The van der Waals surface area contributed by atoms with Crippen molar-refractivity contribution in [3.8, 4) is 11.2 Å². The fraction of sp³-hybridized carbons (Fsp3) is 0.333. The van der Waals surface area contributed by atoms with E-state index in [1.165, 1.54) is 6.92 Å². The fourth-order valence-electron chi connectivity index (χ4n) is 1.19. The summed E-state index contributed by atoms with van der Waals surface area (Å²) in [7, 11) is 0. The Morgan fingerprint density at radius 3 is 2.76 bits per heavy atom. The molecule has 0 aromatic heterocycles. The van der Waals surface area contributed by atoms with Crippen molar-refractivity contribution < 1.29 is 14.3 Å². The molecule has 0 N–H and O–H groups in total. The lowest BCUT2D eigenvalue weighted by Gasteiger charge is -2.16. The molecule has 0 bridgehead atoms. The number of para-hydroxylation sites is 1. The molecule has 0 radical (unpaired) electrons. The molecule has 1 aromatic rings. The van der Waals surface area contributed by atoms with E-state index in [0.717, 1.165) is 11.8 Å². The molecular formula is C12H13NO3S. The molecule has 0 saturated carbocycles. The average molecular weight is 251 g/mol. The van der Waals surface area contributed by atoms with E-state index in [2.05, 4.69) is 0 Å². The van der Waals surface area contributed by atoms with E-state index in [1.807, 2.05) is 35.7 Å². The molecule has 0 aliphatic rings. The van der Waals surface area contributed by atoms with Gasteiger partial charge >= 0.3 is 5.97 Å². The fourth-order valence-corrected chi connectivity index (χ4v) is 1.61. The van der Waals surface area contributed by atoms with Crippen LogP contribution in [-0.2, 0) is 9.53 Å². The van der Waals surface area contributed by atoms with Crippen molar-refractivity contribution in [1.82, 2.24) is 0 Å². The monoisotopic (exact) mass is 251 g/mol. The zero-order valence-electron chi connectivity index (χ0n) is 9.46. The molecule has 1 rings (SSSR count). The van der Waals surface area contributed by atoms with Crippen LogP contribution in [-0.4, -0.2) is 24.4 Å². The molecule has 90 valence electrons. The summed E-state index contributed by atoms with van der Waals surface area (Å²) >= 11 is 1.04. The van der Waals surface area contributed by atoms with Crippen molar-refractivity contribution in [3.05, 3.63) is 30.3 Å². The first kappa shape index (κ1) is 13.4. The smallest absolute Gasteiger partial charge is 0.303 e. The quantitative estimate of drug-likeness (QED) is 0.573. The minimum atomic E-state index is -0.405. The van der Waals surface area contributed by atoms with Gasteiger partial charge in [-0.3, -0.25) is 4.79 Å². The summed E-state index contributed by atoms with van der Waals surface area (Å²) in [6, 6.07) is 9.26. The van der Waals surface area contributed by atoms with Crippen LogP contribution in [0.3, 0.4) is 0 Å². The second kappa shape index (κ2) is 7.58. The number of ether oxygens (including phenoxy) is 2. The number of esters is 1. The molecule has 0 saturated heterocycles. The number of benzene rings is 1. The Kier molecular flexibility index (Phi) is 5.97. The average Bonchev–Trinajstić information content (AvgIpc) is 2.33. The van der Waals surface area contributed by atoms with E-state index >= 15 is 0 Å². The van der Waals surface area contributed by atoms with Crippen LogP contribution in [0, 0.1) is 10.7 Å². The first-order chi connectivity index (χ1) is 8.22. The normalized spacial score (nSPS) is 11.3. The van der Waals surface area contributed by atoms with Gasteiger partial charge in [-0.2, -0.15) is 5.26 Å². The standard InChI is InChI=1S/C12H13NO3S/c1-10(14)16-12(8-17-9-13)7-15-11-5-3-2-4-6-11/h2-6,12H,7-8H2,1H3. The predicted octanol–water partition coefficient (Wildman–Crippen LogP) is 2.21. The Morgan fingerprint density at radius 1 is 1.47 bits per heavy atom. The van der Waals surface area contributed by atoms with Crippen LogP contribution in [0.25, 0.3) is 0 Å². The summed E-state index contributed by atoms with van der Waals surface area (Å²) in [5, 5.41) is 10.4. The maximum absolute atomic E-state index is 10.9. The molecule has 0 aliphatic heterocycles. The molecule has 0 amide bonds. The van der Waals surface area contributed by atoms with Crippen molar-refractivity contribution in [3.63, 3.8) is 0 Å². The Balaban J connectivity index is 2.43. The maximum Gasteiger partial charge on any atom is 0.303 e. The predicted molar refractivity (Wildman–Crippen MR) is 65.6 cm³/mol. The van der Waals surface area contributed by atoms with E-state index < -0.39 is 6.10 Å². The third-order valence-corrected chi connectivity index (χ3v) is 2.51. The second-order valence-electron chi connectivity index (χ2n) is 3.26. The third-order valence-electron chi connectivity index (χ3n) is 1.85. The number of rotatable bonds is 6.